The molecule has 0 spiro atoms. The third-order valence-corrected chi connectivity index (χ3v) is 4.74. The number of ether oxygens (including phenoxy) is 1. The lowest BCUT2D eigenvalue weighted by Gasteiger charge is -2.11. The number of thioether (sulfide) groups is 1. The summed E-state index contributed by atoms with van der Waals surface area (Å²) in [5.41, 5.74) is 1.54. The van der Waals surface area contributed by atoms with E-state index >= 15 is 0 Å². The van der Waals surface area contributed by atoms with Crippen molar-refractivity contribution in [3.63, 3.8) is 0 Å². The molecule has 1 heterocycles. The fourth-order valence-electron chi connectivity index (χ4n) is 2.44. The molecule has 1 aromatic heterocycles. The number of carbonyl (C=O) groups is 1. The van der Waals surface area contributed by atoms with Gasteiger partial charge in [-0.05, 0) is 25.1 Å². The Labute approximate surface area is 156 Å². The zero-order chi connectivity index (χ0) is 18.4. The van der Waals surface area contributed by atoms with Gasteiger partial charge in [0.05, 0.1) is 18.4 Å². The summed E-state index contributed by atoms with van der Waals surface area (Å²) < 4.78 is 10.4. The molecule has 3 aromatic rings. The summed E-state index contributed by atoms with van der Waals surface area (Å²) in [5, 5.41) is 6.72. The minimum absolute atomic E-state index is 0.138. The highest BCUT2D eigenvalue weighted by Crippen LogP contribution is 2.26. The van der Waals surface area contributed by atoms with Crippen molar-refractivity contribution in [1.29, 1.82) is 0 Å². The lowest BCUT2D eigenvalue weighted by atomic mass is 10.1. The van der Waals surface area contributed by atoms with Crippen LogP contribution in [0.15, 0.2) is 57.9 Å². The van der Waals surface area contributed by atoms with Crippen molar-refractivity contribution in [1.82, 2.24) is 15.5 Å². The van der Waals surface area contributed by atoms with Crippen molar-refractivity contribution in [2.75, 3.05) is 7.11 Å². The third-order valence-electron chi connectivity index (χ3n) is 3.68. The van der Waals surface area contributed by atoms with Crippen molar-refractivity contribution in [3.05, 3.63) is 71.4 Å². The Morgan fingerprint density at radius 2 is 1.96 bits per heavy atom. The lowest BCUT2D eigenvalue weighted by molar-refractivity contribution is 0.0947. The molecule has 0 saturated heterocycles. The number of para-hydroxylation sites is 1. The van der Waals surface area contributed by atoms with Gasteiger partial charge in [0.1, 0.15) is 5.75 Å². The summed E-state index contributed by atoms with van der Waals surface area (Å²) in [6.07, 6.45) is 0. The SMILES string of the molecule is COc1ccccc1CNC(=O)c1ccccc1SCc1nc(C)no1. The number of aromatic nitrogens is 2. The molecule has 0 atom stereocenters. The Morgan fingerprint density at radius 3 is 2.73 bits per heavy atom. The molecule has 0 aliphatic carbocycles. The quantitative estimate of drug-likeness (QED) is 0.641. The zero-order valence-electron chi connectivity index (χ0n) is 14.6. The van der Waals surface area contributed by atoms with Crippen LogP contribution in [-0.4, -0.2) is 23.2 Å². The molecular weight excluding hydrogens is 350 g/mol. The standard InChI is InChI=1S/C19H19N3O3S/c1-13-21-18(25-22-13)12-26-17-10-6-4-8-15(17)19(23)20-11-14-7-3-5-9-16(14)24-2/h3-10H,11-12H2,1-2H3,(H,20,23). The number of carbonyl (C=O) groups excluding carboxylic acids is 1. The van der Waals surface area contributed by atoms with E-state index in [-0.39, 0.29) is 5.91 Å². The fourth-order valence-corrected chi connectivity index (χ4v) is 3.33. The number of nitrogens with zero attached hydrogens (tertiary/aromatic N) is 2. The van der Waals surface area contributed by atoms with E-state index < -0.39 is 0 Å². The maximum absolute atomic E-state index is 12.6. The second-order valence-corrected chi connectivity index (χ2v) is 6.53. The van der Waals surface area contributed by atoms with Crippen molar-refractivity contribution < 1.29 is 14.1 Å². The van der Waals surface area contributed by atoms with Crippen LogP contribution in [-0.2, 0) is 12.3 Å². The van der Waals surface area contributed by atoms with Gasteiger partial charge in [0.15, 0.2) is 5.82 Å². The van der Waals surface area contributed by atoms with Crippen LogP contribution in [0.5, 0.6) is 5.75 Å². The van der Waals surface area contributed by atoms with Gasteiger partial charge in [-0.3, -0.25) is 4.79 Å². The molecule has 0 aliphatic heterocycles. The van der Waals surface area contributed by atoms with Crippen LogP contribution in [0, 0.1) is 6.92 Å². The minimum atomic E-state index is -0.138. The fraction of sp³-hybridized carbons (Fsp3) is 0.211. The molecule has 0 aliphatic rings. The van der Waals surface area contributed by atoms with Crippen LogP contribution in [0.2, 0.25) is 0 Å². The van der Waals surface area contributed by atoms with Gasteiger partial charge < -0.3 is 14.6 Å². The van der Waals surface area contributed by atoms with Crippen molar-refractivity contribution >= 4 is 17.7 Å². The molecule has 1 amide bonds. The summed E-state index contributed by atoms with van der Waals surface area (Å²) in [7, 11) is 1.62. The van der Waals surface area contributed by atoms with E-state index in [0.29, 0.717) is 29.6 Å². The average Bonchev–Trinajstić information content (AvgIpc) is 3.10. The van der Waals surface area contributed by atoms with Gasteiger partial charge in [-0.2, -0.15) is 4.98 Å². The first-order valence-corrected chi connectivity index (χ1v) is 9.07. The third kappa shape index (κ3) is 4.43. The van der Waals surface area contributed by atoms with Crippen LogP contribution >= 0.6 is 11.8 Å². The molecule has 2 aromatic carbocycles. The summed E-state index contributed by atoms with van der Waals surface area (Å²) in [6, 6.07) is 15.1. The molecule has 134 valence electrons. The van der Waals surface area contributed by atoms with Gasteiger partial charge in [0, 0.05) is 17.0 Å². The number of nitrogens with one attached hydrogen (secondary N) is 1. The molecular formula is C19H19N3O3S. The van der Waals surface area contributed by atoms with E-state index in [2.05, 4.69) is 15.5 Å². The number of hydrogen-bond donors (Lipinski definition) is 1. The van der Waals surface area contributed by atoms with Crippen LogP contribution in [0.3, 0.4) is 0 Å². The highest BCUT2D eigenvalue weighted by Gasteiger charge is 2.13. The number of amides is 1. The van der Waals surface area contributed by atoms with E-state index in [1.807, 2.05) is 42.5 Å². The van der Waals surface area contributed by atoms with Gasteiger partial charge in [0.2, 0.25) is 5.89 Å². The summed E-state index contributed by atoms with van der Waals surface area (Å²) in [5.74, 6) is 2.26. The molecule has 1 N–H and O–H groups in total. The smallest absolute Gasteiger partial charge is 0.252 e. The molecule has 6 nitrogen and oxygen atoms in total. The highest BCUT2D eigenvalue weighted by atomic mass is 32.2. The molecule has 7 heteroatoms. The number of aryl methyl sites for hydroxylation is 1. The Hall–Kier alpha value is -2.80. The predicted molar refractivity (Wildman–Crippen MR) is 99.2 cm³/mol. The predicted octanol–water partition coefficient (Wildman–Crippen LogP) is 3.61. The van der Waals surface area contributed by atoms with Crippen LogP contribution in [0.25, 0.3) is 0 Å². The van der Waals surface area contributed by atoms with E-state index in [1.54, 1.807) is 20.1 Å². The summed E-state index contributed by atoms with van der Waals surface area (Å²) in [4.78, 5) is 17.7. The summed E-state index contributed by atoms with van der Waals surface area (Å²) >= 11 is 1.49. The number of benzene rings is 2. The maximum atomic E-state index is 12.6. The Bertz CT molecular complexity index is 895. The highest BCUT2D eigenvalue weighted by molar-refractivity contribution is 7.98. The van der Waals surface area contributed by atoms with Crippen molar-refractivity contribution in [3.8, 4) is 5.75 Å². The number of hydrogen-bond acceptors (Lipinski definition) is 6. The second kappa shape index (κ2) is 8.53. The topological polar surface area (TPSA) is 77.2 Å². The number of methoxy groups -OCH3 is 1. The Kier molecular flexibility index (Phi) is 5.91. The molecule has 0 fully saturated rings. The molecule has 0 unspecified atom stereocenters. The van der Waals surface area contributed by atoms with E-state index in [4.69, 9.17) is 9.26 Å². The Morgan fingerprint density at radius 1 is 1.19 bits per heavy atom. The van der Waals surface area contributed by atoms with Gasteiger partial charge in [-0.25, -0.2) is 0 Å². The van der Waals surface area contributed by atoms with Gasteiger partial charge in [-0.1, -0.05) is 35.5 Å². The van der Waals surface area contributed by atoms with E-state index in [0.717, 1.165) is 16.2 Å². The van der Waals surface area contributed by atoms with Crippen LogP contribution < -0.4 is 10.1 Å². The summed E-state index contributed by atoms with van der Waals surface area (Å²) in [6.45, 7) is 2.17. The molecule has 0 radical (unpaired) electrons. The first-order valence-electron chi connectivity index (χ1n) is 8.08. The van der Waals surface area contributed by atoms with Gasteiger partial charge >= 0.3 is 0 Å². The largest absolute Gasteiger partial charge is 0.496 e. The normalized spacial score (nSPS) is 10.5. The molecule has 0 bridgehead atoms. The number of rotatable bonds is 7. The monoisotopic (exact) mass is 369 g/mol. The first kappa shape index (κ1) is 18.0. The van der Waals surface area contributed by atoms with Crippen LogP contribution in [0.1, 0.15) is 27.6 Å². The minimum Gasteiger partial charge on any atom is -0.496 e. The lowest BCUT2D eigenvalue weighted by Crippen LogP contribution is -2.23. The average molecular weight is 369 g/mol. The first-order chi connectivity index (χ1) is 12.7. The van der Waals surface area contributed by atoms with Crippen molar-refractivity contribution in [2.24, 2.45) is 0 Å². The van der Waals surface area contributed by atoms with Crippen molar-refractivity contribution in [2.45, 2.75) is 24.1 Å². The van der Waals surface area contributed by atoms with E-state index in [1.165, 1.54) is 11.8 Å². The molecule has 0 saturated carbocycles. The second-order valence-electron chi connectivity index (χ2n) is 5.51. The molecule has 3 rings (SSSR count). The maximum Gasteiger partial charge on any atom is 0.252 e. The zero-order valence-corrected chi connectivity index (χ0v) is 15.4. The van der Waals surface area contributed by atoms with Gasteiger partial charge in [0.25, 0.3) is 5.91 Å². The molecule has 26 heavy (non-hydrogen) atoms. The Balaban J connectivity index is 1.67. The van der Waals surface area contributed by atoms with Crippen LogP contribution in [0.4, 0.5) is 0 Å². The van der Waals surface area contributed by atoms with Gasteiger partial charge in [-0.15, -0.1) is 11.8 Å². The van der Waals surface area contributed by atoms with E-state index in [9.17, 15) is 4.79 Å².